The van der Waals surface area contributed by atoms with E-state index in [-0.39, 0.29) is 23.6 Å². The van der Waals surface area contributed by atoms with Gasteiger partial charge >= 0.3 is 0 Å². The Kier molecular flexibility index (Phi) is 6.61. The Hall–Kier alpha value is -3.19. The normalized spacial score (nSPS) is 11.1. The molecule has 0 aliphatic heterocycles. The summed E-state index contributed by atoms with van der Waals surface area (Å²) in [5, 5.41) is 3.18. The first-order chi connectivity index (χ1) is 14.0. The van der Waals surface area contributed by atoms with Crippen LogP contribution in [0.15, 0.2) is 64.2 Å². The summed E-state index contributed by atoms with van der Waals surface area (Å²) in [6, 6.07) is 16.6. The Labute approximate surface area is 169 Å². The van der Waals surface area contributed by atoms with E-state index in [2.05, 4.69) is 5.10 Å². The SMILES string of the molecule is CN(C)CCN(CCc1ccccc1)C(=O)Cn1[nH]c(=O)c2ccccc2c1=O. The fraction of sp³-hybridized carbons (Fsp3) is 0.318. The maximum Gasteiger partial charge on any atom is 0.273 e. The summed E-state index contributed by atoms with van der Waals surface area (Å²) >= 11 is 0. The predicted octanol–water partition coefficient (Wildman–Crippen LogP) is 1.32. The molecule has 1 N–H and O–H groups in total. The van der Waals surface area contributed by atoms with Gasteiger partial charge in [-0.1, -0.05) is 42.5 Å². The number of benzene rings is 2. The zero-order valence-electron chi connectivity index (χ0n) is 16.8. The van der Waals surface area contributed by atoms with Crippen LogP contribution in [-0.2, 0) is 17.8 Å². The summed E-state index contributed by atoms with van der Waals surface area (Å²) < 4.78 is 1.11. The number of amides is 1. The summed E-state index contributed by atoms with van der Waals surface area (Å²) in [6.45, 7) is 1.61. The quantitative estimate of drug-likeness (QED) is 0.625. The number of carbonyl (C=O) groups is 1. The van der Waals surface area contributed by atoms with E-state index in [4.69, 9.17) is 0 Å². The summed E-state index contributed by atoms with van der Waals surface area (Å²) in [4.78, 5) is 41.7. The van der Waals surface area contributed by atoms with Gasteiger partial charge in [0.2, 0.25) is 5.91 Å². The van der Waals surface area contributed by atoms with Crippen LogP contribution in [0.1, 0.15) is 5.56 Å². The third-order valence-electron chi connectivity index (χ3n) is 4.86. The zero-order chi connectivity index (χ0) is 20.8. The van der Waals surface area contributed by atoms with Crippen LogP contribution >= 0.6 is 0 Å². The fourth-order valence-electron chi connectivity index (χ4n) is 3.18. The molecule has 0 aliphatic carbocycles. The van der Waals surface area contributed by atoms with Crippen LogP contribution in [0.2, 0.25) is 0 Å². The lowest BCUT2D eigenvalue weighted by Gasteiger charge is -2.25. The van der Waals surface area contributed by atoms with Gasteiger partial charge in [0.15, 0.2) is 0 Å². The Balaban J connectivity index is 1.80. The summed E-state index contributed by atoms with van der Waals surface area (Å²) in [6.07, 6.45) is 0.725. The lowest BCUT2D eigenvalue weighted by Crippen LogP contribution is -2.42. The second kappa shape index (κ2) is 9.34. The summed E-state index contributed by atoms with van der Waals surface area (Å²) in [5.74, 6) is -0.198. The van der Waals surface area contributed by atoms with Crippen molar-refractivity contribution in [3.05, 3.63) is 80.9 Å². The first-order valence-corrected chi connectivity index (χ1v) is 9.64. The Morgan fingerprint density at radius 1 is 0.897 bits per heavy atom. The number of rotatable bonds is 8. The average Bonchev–Trinajstić information content (AvgIpc) is 2.72. The van der Waals surface area contributed by atoms with Crippen LogP contribution in [0, 0.1) is 0 Å². The van der Waals surface area contributed by atoms with E-state index in [9.17, 15) is 14.4 Å². The minimum absolute atomic E-state index is 0.193. The van der Waals surface area contributed by atoms with Gasteiger partial charge in [-0.05, 0) is 38.2 Å². The standard InChI is InChI=1S/C22H26N4O3/c1-24(2)14-15-25(13-12-17-8-4-3-5-9-17)20(27)16-26-22(29)19-11-7-6-10-18(19)21(28)23-26/h3-11H,12-16H2,1-2H3,(H,23,28). The lowest BCUT2D eigenvalue weighted by atomic mass is 10.1. The third kappa shape index (κ3) is 5.20. The molecule has 0 atom stereocenters. The van der Waals surface area contributed by atoms with Gasteiger partial charge in [-0.3, -0.25) is 19.5 Å². The Morgan fingerprint density at radius 2 is 1.55 bits per heavy atom. The topological polar surface area (TPSA) is 78.4 Å². The molecule has 1 amide bonds. The van der Waals surface area contributed by atoms with E-state index in [1.165, 1.54) is 0 Å². The zero-order valence-corrected chi connectivity index (χ0v) is 16.8. The van der Waals surface area contributed by atoms with Crippen LogP contribution in [0.3, 0.4) is 0 Å². The van der Waals surface area contributed by atoms with E-state index in [1.807, 2.05) is 49.3 Å². The molecular weight excluding hydrogens is 368 g/mol. The molecule has 0 saturated heterocycles. The molecule has 0 bridgehead atoms. The molecule has 7 nitrogen and oxygen atoms in total. The smallest absolute Gasteiger partial charge is 0.273 e. The van der Waals surface area contributed by atoms with Crippen molar-refractivity contribution >= 4 is 16.7 Å². The summed E-state index contributed by atoms with van der Waals surface area (Å²) in [5.41, 5.74) is 0.396. The number of aromatic amines is 1. The third-order valence-corrected chi connectivity index (χ3v) is 4.86. The molecule has 0 spiro atoms. The number of carbonyl (C=O) groups excluding carboxylic acids is 1. The summed E-state index contributed by atoms with van der Waals surface area (Å²) in [7, 11) is 3.90. The predicted molar refractivity (Wildman–Crippen MR) is 114 cm³/mol. The molecule has 0 radical (unpaired) electrons. The largest absolute Gasteiger partial charge is 0.339 e. The number of aromatic nitrogens is 2. The highest BCUT2D eigenvalue weighted by Gasteiger charge is 2.16. The van der Waals surface area contributed by atoms with Crippen LogP contribution in [0.25, 0.3) is 10.8 Å². The van der Waals surface area contributed by atoms with Crippen LogP contribution < -0.4 is 11.1 Å². The molecule has 2 aromatic carbocycles. The van der Waals surface area contributed by atoms with Crippen LogP contribution in [-0.4, -0.2) is 59.2 Å². The van der Waals surface area contributed by atoms with Gasteiger partial charge in [0.05, 0.1) is 10.8 Å². The highest BCUT2D eigenvalue weighted by Crippen LogP contribution is 2.05. The molecule has 1 aromatic heterocycles. The van der Waals surface area contributed by atoms with Gasteiger partial charge in [0, 0.05) is 19.6 Å². The van der Waals surface area contributed by atoms with Crippen molar-refractivity contribution in [3.8, 4) is 0 Å². The molecule has 29 heavy (non-hydrogen) atoms. The van der Waals surface area contributed by atoms with Gasteiger partial charge in [-0.15, -0.1) is 0 Å². The first-order valence-electron chi connectivity index (χ1n) is 9.64. The molecule has 1 heterocycles. The van der Waals surface area contributed by atoms with E-state index in [1.54, 1.807) is 29.2 Å². The highest BCUT2D eigenvalue weighted by atomic mass is 16.2. The van der Waals surface area contributed by atoms with Gasteiger partial charge in [0.1, 0.15) is 6.54 Å². The van der Waals surface area contributed by atoms with E-state index < -0.39 is 0 Å². The van der Waals surface area contributed by atoms with Crippen molar-refractivity contribution < 1.29 is 4.79 Å². The number of H-pyrrole nitrogens is 1. The minimum atomic E-state index is -0.378. The molecule has 3 aromatic rings. The average molecular weight is 394 g/mol. The van der Waals surface area contributed by atoms with Crippen molar-refractivity contribution in [2.75, 3.05) is 33.7 Å². The van der Waals surface area contributed by atoms with Crippen LogP contribution in [0.4, 0.5) is 0 Å². The number of nitrogens with one attached hydrogen (secondary N) is 1. The number of nitrogens with zero attached hydrogens (tertiary/aromatic N) is 3. The number of hydrogen-bond donors (Lipinski definition) is 1. The van der Waals surface area contributed by atoms with E-state index in [0.717, 1.165) is 16.7 Å². The van der Waals surface area contributed by atoms with Gasteiger partial charge in [-0.25, -0.2) is 4.68 Å². The van der Waals surface area contributed by atoms with Crippen LogP contribution in [0.5, 0.6) is 0 Å². The fourth-order valence-corrected chi connectivity index (χ4v) is 3.18. The van der Waals surface area contributed by atoms with Crippen molar-refractivity contribution in [1.82, 2.24) is 19.6 Å². The Bertz CT molecular complexity index is 1090. The maximum absolute atomic E-state index is 13.0. The molecule has 0 saturated carbocycles. The second-order valence-corrected chi connectivity index (χ2v) is 7.30. The lowest BCUT2D eigenvalue weighted by molar-refractivity contribution is -0.132. The molecular formula is C22H26N4O3. The van der Waals surface area contributed by atoms with Crippen molar-refractivity contribution in [3.63, 3.8) is 0 Å². The second-order valence-electron chi connectivity index (χ2n) is 7.30. The monoisotopic (exact) mass is 394 g/mol. The van der Waals surface area contributed by atoms with Crippen molar-refractivity contribution in [2.24, 2.45) is 0 Å². The number of likely N-dealkylation sites (N-methyl/N-ethyl adjacent to an activating group) is 1. The van der Waals surface area contributed by atoms with Gasteiger partial charge < -0.3 is 9.80 Å². The number of fused-ring (bicyclic) bond motifs is 1. The molecule has 0 fully saturated rings. The van der Waals surface area contributed by atoms with Gasteiger partial charge in [-0.2, -0.15) is 0 Å². The molecule has 7 heteroatoms. The molecule has 0 unspecified atom stereocenters. The van der Waals surface area contributed by atoms with E-state index in [0.29, 0.717) is 30.4 Å². The highest BCUT2D eigenvalue weighted by molar-refractivity contribution is 5.81. The van der Waals surface area contributed by atoms with Crippen molar-refractivity contribution in [1.29, 1.82) is 0 Å². The van der Waals surface area contributed by atoms with Crippen molar-refractivity contribution in [2.45, 2.75) is 13.0 Å². The first kappa shape index (κ1) is 20.5. The molecule has 152 valence electrons. The Morgan fingerprint density at radius 3 is 2.24 bits per heavy atom. The maximum atomic E-state index is 13.0. The number of hydrogen-bond acceptors (Lipinski definition) is 4. The molecule has 3 rings (SSSR count). The van der Waals surface area contributed by atoms with Gasteiger partial charge in [0.25, 0.3) is 11.1 Å². The minimum Gasteiger partial charge on any atom is -0.339 e. The van der Waals surface area contributed by atoms with E-state index >= 15 is 0 Å². The molecule has 0 aliphatic rings.